The van der Waals surface area contributed by atoms with E-state index in [4.69, 9.17) is 5.21 Å². The number of unbranched alkanes of at least 4 members (excludes halogenated alkanes) is 1. The largest absolute Gasteiger partial charge is 0.330 e. The summed E-state index contributed by atoms with van der Waals surface area (Å²) >= 11 is 0. The normalized spacial score (nSPS) is 20.3. The Balaban J connectivity index is 1.67. The Morgan fingerprint density at radius 1 is 1.31 bits per heavy atom. The highest BCUT2D eigenvalue weighted by atomic mass is 16.5. The second-order valence-electron chi connectivity index (χ2n) is 8.27. The number of hydroxylamine groups is 1. The average Bonchev–Trinajstić information content (AvgIpc) is 3.36. The number of carbonyl (C=O) groups is 3. The minimum absolute atomic E-state index is 0.0570. The van der Waals surface area contributed by atoms with Crippen molar-refractivity contribution in [2.24, 2.45) is 11.3 Å². The zero-order valence-electron chi connectivity index (χ0n) is 16.8. The van der Waals surface area contributed by atoms with Gasteiger partial charge in [0.2, 0.25) is 17.7 Å². The highest BCUT2D eigenvalue weighted by Crippen LogP contribution is 2.55. The van der Waals surface area contributed by atoms with E-state index in [1.54, 1.807) is 10.4 Å². The van der Waals surface area contributed by atoms with Crippen molar-refractivity contribution in [3.63, 3.8) is 0 Å². The van der Waals surface area contributed by atoms with Gasteiger partial charge in [0.05, 0.1) is 6.20 Å². The Bertz CT molecular complexity index is 738. The lowest BCUT2D eigenvalue weighted by molar-refractivity contribution is -0.138. The summed E-state index contributed by atoms with van der Waals surface area (Å²) in [6.07, 6.45) is 10.1. The molecule has 2 heterocycles. The fourth-order valence-corrected chi connectivity index (χ4v) is 4.11. The fourth-order valence-electron chi connectivity index (χ4n) is 4.11. The van der Waals surface area contributed by atoms with Gasteiger partial charge in [0, 0.05) is 31.8 Å². The smallest absolute Gasteiger partial charge is 0.248 e. The summed E-state index contributed by atoms with van der Waals surface area (Å²) in [6.45, 7) is 2.63. The van der Waals surface area contributed by atoms with Gasteiger partial charge in [-0.1, -0.05) is 19.8 Å². The van der Waals surface area contributed by atoms with E-state index in [1.807, 2.05) is 0 Å². The van der Waals surface area contributed by atoms with Gasteiger partial charge >= 0.3 is 0 Å². The van der Waals surface area contributed by atoms with Crippen LogP contribution in [0.1, 0.15) is 58.3 Å². The van der Waals surface area contributed by atoms with Gasteiger partial charge in [0.1, 0.15) is 6.04 Å². The Morgan fingerprint density at radius 2 is 2.10 bits per heavy atom. The molecule has 3 amide bonds. The molecule has 0 radical (unpaired) electrons. The van der Waals surface area contributed by atoms with Gasteiger partial charge in [0.25, 0.3) is 0 Å². The molecule has 2 fully saturated rings. The van der Waals surface area contributed by atoms with Crippen molar-refractivity contribution in [2.45, 2.75) is 64.3 Å². The Labute approximate surface area is 170 Å². The number of carbonyl (C=O) groups excluding carboxylic acids is 3. The molecule has 1 aromatic rings. The first-order valence-electron chi connectivity index (χ1n) is 10.3. The summed E-state index contributed by atoms with van der Waals surface area (Å²) in [5.41, 5.74) is 1.71. The van der Waals surface area contributed by atoms with Gasteiger partial charge in [-0.25, -0.2) is 10.5 Å². The van der Waals surface area contributed by atoms with E-state index in [1.165, 1.54) is 18.6 Å². The summed E-state index contributed by atoms with van der Waals surface area (Å²) in [6, 6.07) is -0.537. The summed E-state index contributed by atoms with van der Waals surface area (Å²) in [5.74, 6) is -0.646. The van der Waals surface area contributed by atoms with Crippen LogP contribution >= 0.6 is 0 Å². The van der Waals surface area contributed by atoms with Crippen molar-refractivity contribution in [1.82, 2.24) is 20.3 Å². The first kappa shape index (κ1) is 21.2. The molecule has 1 aliphatic carbocycles. The maximum absolute atomic E-state index is 13.1. The molecule has 9 heteroatoms. The molecular weight excluding hydrogens is 374 g/mol. The maximum Gasteiger partial charge on any atom is 0.248 e. The summed E-state index contributed by atoms with van der Waals surface area (Å²) in [7, 11) is 0. The van der Waals surface area contributed by atoms with E-state index in [2.05, 4.69) is 22.2 Å². The van der Waals surface area contributed by atoms with E-state index >= 15 is 0 Å². The molecule has 2 aliphatic rings. The van der Waals surface area contributed by atoms with Crippen LogP contribution in [0, 0.1) is 11.3 Å². The molecule has 158 valence electrons. The minimum atomic E-state index is -0.537. The third kappa shape index (κ3) is 5.50. The SMILES string of the molecule is CCCC[C@@H](CC(=O)NO)CC(=O)N1CC2(CC2)C[C@H]1C(=O)Nc1cnccn1. The van der Waals surface area contributed by atoms with Gasteiger partial charge in [-0.15, -0.1) is 0 Å². The zero-order chi connectivity index (χ0) is 20.9. The third-order valence-electron chi connectivity index (χ3n) is 5.93. The predicted octanol–water partition coefficient (Wildman–Crippen LogP) is 1.89. The van der Waals surface area contributed by atoms with Crippen molar-refractivity contribution in [3.05, 3.63) is 18.6 Å². The predicted molar refractivity (Wildman–Crippen MR) is 105 cm³/mol. The molecule has 0 unspecified atom stereocenters. The number of aromatic nitrogens is 2. The molecular formula is C20H29N5O4. The molecule has 1 aromatic heterocycles. The lowest BCUT2D eigenvalue weighted by atomic mass is 9.94. The molecule has 1 spiro atoms. The molecule has 29 heavy (non-hydrogen) atoms. The van der Waals surface area contributed by atoms with Gasteiger partial charge < -0.3 is 10.2 Å². The first-order chi connectivity index (χ1) is 14.0. The van der Waals surface area contributed by atoms with Crippen LogP contribution in [-0.4, -0.2) is 50.4 Å². The van der Waals surface area contributed by atoms with Crippen LogP contribution in [0.3, 0.4) is 0 Å². The van der Waals surface area contributed by atoms with Crippen LogP contribution in [0.5, 0.6) is 0 Å². The molecule has 9 nitrogen and oxygen atoms in total. The van der Waals surface area contributed by atoms with E-state index in [0.29, 0.717) is 18.8 Å². The van der Waals surface area contributed by atoms with Crippen LogP contribution in [0.15, 0.2) is 18.6 Å². The summed E-state index contributed by atoms with van der Waals surface area (Å²) in [5, 5.41) is 11.6. The third-order valence-corrected chi connectivity index (χ3v) is 5.93. The van der Waals surface area contributed by atoms with Crippen LogP contribution in [-0.2, 0) is 14.4 Å². The Kier molecular flexibility index (Phi) is 6.79. The first-order valence-corrected chi connectivity index (χ1v) is 10.3. The van der Waals surface area contributed by atoms with Gasteiger partial charge in [-0.05, 0) is 37.0 Å². The number of likely N-dealkylation sites (tertiary alicyclic amines) is 1. The zero-order valence-corrected chi connectivity index (χ0v) is 16.8. The second-order valence-corrected chi connectivity index (χ2v) is 8.27. The van der Waals surface area contributed by atoms with Gasteiger partial charge in [0.15, 0.2) is 5.82 Å². The van der Waals surface area contributed by atoms with E-state index in [-0.39, 0.29) is 36.0 Å². The Hall–Kier alpha value is -2.55. The summed E-state index contributed by atoms with van der Waals surface area (Å²) in [4.78, 5) is 47.3. The van der Waals surface area contributed by atoms with Crippen molar-refractivity contribution < 1.29 is 19.6 Å². The highest BCUT2D eigenvalue weighted by Gasteiger charge is 2.55. The molecule has 3 rings (SSSR count). The average molecular weight is 403 g/mol. The molecule has 1 saturated carbocycles. The number of rotatable bonds is 9. The molecule has 1 saturated heterocycles. The lowest BCUT2D eigenvalue weighted by Gasteiger charge is -2.26. The molecule has 2 atom stereocenters. The number of anilines is 1. The van der Waals surface area contributed by atoms with Crippen molar-refractivity contribution >= 4 is 23.5 Å². The quantitative estimate of drug-likeness (QED) is 0.427. The van der Waals surface area contributed by atoms with Crippen LogP contribution in [0.4, 0.5) is 5.82 Å². The Morgan fingerprint density at radius 3 is 2.72 bits per heavy atom. The van der Waals surface area contributed by atoms with Crippen molar-refractivity contribution in [3.8, 4) is 0 Å². The highest BCUT2D eigenvalue weighted by molar-refractivity contribution is 5.97. The molecule has 3 N–H and O–H groups in total. The maximum atomic E-state index is 13.1. The minimum Gasteiger partial charge on any atom is -0.330 e. The second kappa shape index (κ2) is 9.30. The van der Waals surface area contributed by atoms with Crippen molar-refractivity contribution in [1.29, 1.82) is 0 Å². The van der Waals surface area contributed by atoms with Crippen LogP contribution < -0.4 is 10.8 Å². The van der Waals surface area contributed by atoms with E-state index in [9.17, 15) is 14.4 Å². The number of hydrogen-bond donors (Lipinski definition) is 3. The monoisotopic (exact) mass is 403 g/mol. The van der Waals surface area contributed by atoms with Crippen LogP contribution in [0.2, 0.25) is 0 Å². The molecule has 0 bridgehead atoms. The number of hydrogen-bond acceptors (Lipinski definition) is 6. The fraction of sp³-hybridized carbons (Fsp3) is 0.650. The summed E-state index contributed by atoms with van der Waals surface area (Å²) < 4.78 is 0. The van der Waals surface area contributed by atoms with Gasteiger partial charge in [-0.2, -0.15) is 0 Å². The molecule has 1 aliphatic heterocycles. The van der Waals surface area contributed by atoms with E-state index in [0.717, 1.165) is 32.1 Å². The standard InChI is InChI=1S/C20H29N5O4/c1-2-3-4-14(9-17(26)24-29)10-18(27)25-13-20(5-6-20)11-15(25)19(28)23-16-12-21-7-8-22-16/h7-8,12,14-15,29H,2-6,9-11,13H2,1H3,(H,24,26)(H,22,23,28)/t14-,15-/m0/s1. The number of nitrogens with one attached hydrogen (secondary N) is 2. The number of nitrogens with zero attached hydrogens (tertiary/aromatic N) is 3. The van der Waals surface area contributed by atoms with Crippen LogP contribution in [0.25, 0.3) is 0 Å². The van der Waals surface area contributed by atoms with Gasteiger partial charge in [-0.3, -0.25) is 24.6 Å². The molecule has 0 aromatic carbocycles. The van der Waals surface area contributed by atoms with Crippen molar-refractivity contribution in [2.75, 3.05) is 11.9 Å². The number of amides is 3. The topological polar surface area (TPSA) is 125 Å². The lowest BCUT2D eigenvalue weighted by Crippen LogP contribution is -2.44. The van der Waals surface area contributed by atoms with E-state index < -0.39 is 11.9 Å².